The molecule has 0 saturated carbocycles. The lowest BCUT2D eigenvalue weighted by Gasteiger charge is -2.19. The number of hydrogen-bond acceptors (Lipinski definition) is 4. The molecule has 2 aromatic rings. The van der Waals surface area contributed by atoms with E-state index >= 15 is 0 Å². The van der Waals surface area contributed by atoms with Crippen LogP contribution in [0.2, 0.25) is 10.0 Å². The van der Waals surface area contributed by atoms with Gasteiger partial charge >= 0.3 is 6.09 Å². The first-order chi connectivity index (χ1) is 14.0. The smallest absolute Gasteiger partial charge is 0.408 e. The van der Waals surface area contributed by atoms with Gasteiger partial charge in [0.25, 0.3) is 5.91 Å². The molecule has 160 valence electrons. The van der Waals surface area contributed by atoms with Crippen molar-refractivity contribution in [2.24, 2.45) is 0 Å². The molecule has 30 heavy (non-hydrogen) atoms. The highest BCUT2D eigenvalue weighted by Crippen LogP contribution is 2.20. The maximum absolute atomic E-state index is 12.3. The van der Waals surface area contributed by atoms with Gasteiger partial charge in [-0.15, -0.1) is 0 Å². The van der Waals surface area contributed by atoms with Crippen molar-refractivity contribution < 1.29 is 19.1 Å². The van der Waals surface area contributed by atoms with E-state index in [0.717, 1.165) is 5.56 Å². The summed E-state index contributed by atoms with van der Waals surface area (Å²) in [6.07, 6.45) is -0.663. The molecule has 0 radical (unpaired) electrons. The van der Waals surface area contributed by atoms with Crippen LogP contribution in [0.15, 0.2) is 42.5 Å². The number of nitrogens with one attached hydrogen (secondary N) is 3. The summed E-state index contributed by atoms with van der Waals surface area (Å²) in [5, 5.41) is 8.55. The van der Waals surface area contributed by atoms with Crippen LogP contribution in [0, 0.1) is 0 Å². The lowest BCUT2D eigenvalue weighted by Crippen LogP contribution is -2.37. The standard InChI is InChI=1S/C21H23Cl2N3O4/c1-21(2,3)30-20(29)25-12-18(27)26-15-7-4-13(5-8-15)11-24-19(28)16-10-14(22)6-9-17(16)23/h4-10H,11-12H2,1-3H3,(H,24,28)(H,25,29)(H,26,27). The summed E-state index contributed by atoms with van der Waals surface area (Å²) in [5.74, 6) is -0.731. The summed E-state index contributed by atoms with van der Waals surface area (Å²) < 4.78 is 5.07. The third kappa shape index (κ3) is 7.93. The van der Waals surface area contributed by atoms with Crippen LogP contribution in [0.25, 0.3) is 0 Å². The molecule has 0 atom stereocenters. The van der Waals surface area contributed by atoms with Crippen molar-refractivity contribution >= 4 is 46.8 Å². The van der Waals surface area contributed by atoms with Crippen LogP contribution in [0.1, 0.15) is 36.7 Å². The molecule has 0 saturated heterocycles. The van der Waals surface area contributed by atoms with Gasteiger partial charge in [0.2, 0.25) is 5.91 Å². The largest absolute Gasteiger partial charge is 0.444 e. The van der Waals surface area contributed by atoms with Crippen molar-refractivity contribution in [3.63, 3.8) is 0 Å². The molecule has 0 bridgehead atoms. The van der Waals surface area contributed by atoms with Crippen LogP contribution in [0.5, 0.6) is 0 Å². The van der Waals surface area contributed by atoms with E-state index in [1.807, 2.05) is 0 Å². The number of alkyl carbamates (subject to hydrolysis) is 1. The van der Waals surface area contributed by atoms with E-state index in [1.165, 1.54) is 6.07 Å². The van der Waals surface area contributed by atoms with Crippen LogP contribution in [-0.4, -0.2) is 30.1 Å². The number of benzene rings is 2. The first kappa shape index (κ1) is 23.5. The molecule has 7 nitrogen and oxygen atoms in total. The zero-order chi connectivity index (χ0) is 22.3. The normalized spacial score (nSPS) is 10.8. The minimum absolute atomic E-state index is 0.215. The monoisotopic (exact) mass is 451 g/mol. The molecule has 3 amide bonds. The summed E-state index contributed by atoms with van der Waals surface area (Å²) in [7, 11) is 0. The molecule has 2 aromatic carbocycles. The summed E-state index contributed by atoms with van der Waals surface area (Å²) in [6, 6.07) is 11.6. The number of carbonyl (C=O) groups is 3. The quantitative estimate of drug-likeness (QED) is 0.606. The minimum atomic E-state index is -0.663. The van der Waals surface area contributed by atoms with Gasteiger partial charge in [0.1, 0.15) is 12.1 Å². The number of ether oxygens (including phenoxy) is 1. The van der Waals surface area contributed by atoms with E-state index in [2.05, 4.69) is 16.0 Å². The Morgan fingerprint density at radius 1 is 0.967 bits per heavy atom. The van der Waals surface area contributed by atoms with Crippen molar-refractivity contribution in [3.8, 4) is 0 Å². The number of hydrogen-bond donors (Lipinski definition) is 3. The van der Waals surface area contributed by atoms with Crippen molar-refractivity contribution in [2.75, 3.05) is 11.9 Å². The number of rotatable bonds is 6. The molecule has 0 aromatic heterocycles. The maximum Gasteiger partial charge on any atom is 0.408 e. The highest BCUT2D eigenvalue weighted by atomic mass is 35.5. The highest BCUT2D eigenvalue weighted by Gasteiger charge is 2.16. The Morgan fingerprint density at radius 3 is 2.27 bits per heavy atom. The topological polar surface area (TPSA) is 96.5 Å². The van der Waals surface area contributed by atoms with Gasteiger partial charge in [0.05, 0.1) is 10.6 Å². The van der Waals surface area contributed by atoms with Crippen molar-refractivity contribution in [1.82, 2.24) is 10.6 Å². The first-order valence-electron chi connectivity index (χ1n) is 9.12. The number of amides is 3. The van der Waals surface area contributed by atoms with E-state index in [1.54, 1.807) is 57.2 Å². The van der Waals surface area contributed by atoms with Crippen LogP contribution < -0.4 is 16.0 Å². The predicted octanol–water partition coefficient (Wildman–Crippen LogP) is 4.39. The Hall–Kier alpha value is -2.77. The molecular formula is C21H23Cl2N3O4. The molecular weight excluding hydrogens is 429 g/mol. The summed E-state index contributed by atoms with van der Waals surface area (Å²) >= 11 is 11.9. The van der Waals surface area contributed by atoms with Gasteiger partial charge in [-0.05, 0) is 56.7 Å². The molecule has 9 heteroatoms. The highest BCUT2D eigenvalue weighted by molar-refractivity contribution is 6.35. The summed E-state index contributed by atoms with van der Waals surface area (Å²) in [6.45, 7) is 5.27. The first-order valence-corrected chi connectivity index (χ1v) is 9.88. The minimum Gasteiger partial charge on any atom is -0.444 e. The molecule has 3 N–H and O–H groups in total. The predicted molar refractivity (Wildman–Crippen MR) is 117 cm³/mol. The van der Waals surface area contributed by atoms with Gasteiger partial charge < -0.3 is 20.7 Å². The zero-order valence-electron chi connectivity index (χ0n) is 16.8. The lowest BCUT2D eigenvalue weighted by molar-refractivity contribution is -0.115. The fraction of sp³-hybridized carbons (Fsp3) is 0.286. The van der Waals surface area contributed by atoms with E-state index in [0.29, 0.717) is 21.3 Å². The van der Waals surface area contributed by atoms with Crippen molar-refractivity contribution in [2.45, 2.75) is 32.9 Å². The van der Waals surface area contributed by atoms with E-state index in [9.17, 15) is 14.4 Å². The van der Waals surface area contributed by atoms with Gasteiger partial charge in [-0.3, -0.25) is 9.59 Å². The van der Waals surface area contributed by atoms with E-state index < -0.39 is 17.6 Å². The van der Waals surface area contributed by atoms with Gasteiger partial charge in [-0.1, -0.05) is 35.3 Å². The van der Waals surface area contributed by atoms with E-state index in [-0.39, 0.29) is 19.0 Å². The third-order valence-electron chi connectivity index (χ3n) is 3.66. The summed E-state index contributed by atoms with van der Waals surface area (Å²) in [4.78, 5) is 35.8. The van der Waals surface area contributed by atoms with Gasteiger partial charge in [-0.2, -0.15) is 0 Å². The molecule has 0 unspecified atom stereocenters. The second kappa shape index (κ2) is 10.3. The third-order valence-corrected chi connectivity index (χ3v) is 4.22. The number of carbonyl (C=O) groups excluding carboxylic acids is 3. The molecule has 0 aliphatic heterocycles. The fourth-order valence-electron chi connectivity index (χ4n) is 2.33. The van der Waals surface area contributed by atoms with Gasteiger partial charge in [0.15, 0.2) is 0 Å². The van der Waals surface area contributed by atoms with Crippen molar-refractivity contribution in [3.05, 3.63) is 63.6 Å². The molecule has 0 spiro atoms. The van der Waals surface area contributed by atoms with E-state index in [4.69, 9.17) is 27.9 Å². The van der Waals surface area contributed by atoms with Crippen LogP contribution in [0.4, 0.5) is 10.5 Å². The summed E-state index contributed by atoms with van der Waals surface area (Å²) in [5.41, 5.74) is 1.04. The molecule has 0 heterocycles. The average molecular weight is 452 g/mol. The molecule has 0 aliphatic rings. The number of halogens is 2. The Labute approximate surface area is 185 Å². The fourth-order valence-corrected chi connectivity index (χ4v) is 2.70. The van der Waals surface area contributed by atoms with Gasteiger partial charge in [0, 0.05) is 17.3 Å². The van der Waals surface area contributed by atoms with Crippen LogP contribution in [-0.2, 0) is 16.1 Å². The van der Waals surface area contributed by atoms with Crippen LogP contribution in [0.3, 0.4) is 0 Å². The second-order valence-corrected chi connectivity index (χ2v) is 8.25. The SMILES string of the molecule is CC(C)(C)OC(=O)NCC(=O)Nc1ccc(CNC(=O)c2cc(Cl)ccc2Cl)cc1. The molecule has 2 rings (SSSR count). The second-order valence-electron chi connectivity index (χ2n) is 7.41. The molecule has 0 fully saturated rings. The Balaban J connectivity index is 1.82. The average Bonchev–Trinajstić information content (AvgIpc) is 2.66. The maximum atomic E-state index is 12.3. The zero-order valence-corrected chi connectivity index (χ0v) is 18.4. The van der Waals surface area contributed by atoms with Crippen molar-refractivity contribution in [1.29, 1.82) is 0 Å². The Morgan fingerprint density at radius 2 is 1.63 bits per heavy atom. The van der Waals surface area contributed by atoms with Gasteiger partial charge in [-0.25, -0.2) is 4.79 Å². The lowest BCUT2D eigenvalue weighted by atomic mass is 10.1. The Kier molecular flexibility index (Phi) is 8.08. The molecule has 0 aliphatic carbocycles. The van der Waals surface area contributed by atoms with Crippen LogP contribution >= 0.6 is 23.2 Å². The Bertz CT molecular complexity index is 925. The number of anilines is 1.